The maximum absolute atomic E-state index is 13.4. The molecule has 0 saturated carbocycles. The standard InChI is InChI=1S/C25H33N3O5S/c1-5-22(20-13-12-18-9-7-8-10-19(18)15-20)26-25(29)23(6-2)27(34(4,32)33)24-16-21(28(30)31)14-11-17(24)3/h11-16,22-23H,5-10H2,1-4H3,(H,26,29)/t22-,23-/m0/s1. The van der Waals surface area contributed by atoms with E-state index in [0.29, 0.717) is 12.0 Å². The second-order valence-electron chi connectivity index (χ2n) is 8.92. The van der Waals surface area contributed by atoms with Crippen LogP contribution in [0.4, 0.5) is 11.4 Å². The van der Waals surface area contributed by atoms with E-state index in [-0.39, 0.29) is 23.8 Å². The molecule has 0 heterocycles. The van der Waals surface area contributed by atoms with E-state index in [1.54, 1.807) is 13.8 Å². The van der Waals surface area contributed by atoms with E-state index in [2.05, 4.69) is 17.4 Å². The predicted octanol–water partition coefficient (Wildman–Crippen LogP) is 4.59. The Morgan fingerprint density at radius 1 is 1.09 bits per heavy atom. The maximum atomic E-state index is 13.4. The van der Waals surface area contributed by atoms with Crippen LogP contribution in [-0.2, 0) is 27.7 Å². The van der Waals surface area contributed by atoms with Gasteiger partial charge in [0.1, 0.15) is 6.04 Å². The average molecular weight is 488 g/mol. The number of nitro groups is 1. The van der Waals surface area contributed by atoms with Crippen LogP contribution in [0.3, 0.4) is 0 Å². The van der Waals surface area contributed by atoms with Gasteiger partial charge in [-0.3, -0.25) is 19.2 Å². The Balaban J connectivity index is 1.94. The van der Waals surface area contributed by atoms with Gasteiger partial charge in [-0.1, -0.05) is 38.1 Å². The highest BCUT2D eigenvalue weighted by Crippen LogP contribution is 2.31. The molecule has 9 heteroatoms. The molecule has 0 spiro atoms. The lowest BCUT2D eigenvalue weighted by atomic mass is 9.88. The van der Waals surface area contributed by atoms with Crippen molar-refractivity contribution in [2.75, 3.05) is 10.6 Å². The van der Waals surface area contributed by atoms with Gasteiger partial charge in [0.25, 0.3) is 5.69 Å². The fourth-order valence-corrected chi connectivity index (χ4v) is 5.90. The summed E-state index contributed by atoms with van der Waals surface area (Å²) in [5.74, 6) is -0.427. The Labute approximate surface area is 201 Å². The van der Waals surface area contributed by atoms with Gasteiger partial charge in [-0.2, -0.15) is 0 Å². The van der Waals surface area contributed by atoms with Crippen LogP contribution in [0, 0.1) is 17.0 Å². The second kappa shape index (κ2) is 10.5. The Bertz CT molecular complexity index is 1180. The summed E-state index contributed by atoms with van der Waals surface area (Å²) in [6.07, 6.45) is 6.32. The minimum Gasteiger partial charge on any atom is -0.347 e. The lowest BCUT2D eigenvalue weighted by Crippen LogP contribution is -2.50. The van der Waals surface area contributed by atoms with Crippen molar-refractivity contribution >= 4 is 27.3 Å². The summed E-state index contributed by atoms with van der Waals surface area (Å²) in [6, 6.07) is 9.06. The lowest BCUT2D eigenvalue weighted by Gasteiger charge is -2.32. The molecule has 0 radical (unpaired) electrons. The van der Waals surface area contributed by atoms with Crippen molar-refractivity contribution in [1.29, 1.82) is 0 Å². The minimum absolute atomic E-state index is 0.139. The average Bonchev–Trinajstić information content (AvgIpc) is 2.80. The molecule has 1 amide bonds. The number of fused-ring (bicyclic) bond motifs is 1. The van der Waals surface area contributed by atoms with Crippen LogP contribution in [0.1, 0.15) is 67.8 Å². The van der Waals surface area contributed by atoms with Crippen LogP contribution in [-0.4, -0.2) is 31.5 Å². The quantitative estimate of drug-likeness (QED) is 0.411. The van der Waals surface area contributed by atoms with Crippen molar-refractivity contribution in [2.24, 2.45) is 0 Å². The molecule has 0 bridgehead atoms. The molecule has 1 aliphatic carbocycles. The molecule has 34 heavy (non-hydrogen) atoms. The first-order valence-corrected chi connectivity index (χ1v) is 13.6. The molecule has 0 saturated heterocycles. The largest absolute Gasteiger partial charge is 0.347 e. The predicted molar refractivity (Wildman–Crippen MR) is 133 cm³/mol. The van der Waals surface area contributed by atoms with Crippen molar-refractivity contribution in [2.45, 2.75) is 71.4 Å². The Morgan fingerprint density at radius 3 is 2.35 bits per heavy atom. The number of carbonyl (C=O) groups is 1. The van der Waals surface area contributed by atoms with Crippen LogP contribution in [0.15, 0.2) is 36.4 Å². The third-order valence-electron chi connectivity index (χ3n) is 6.47. The third kappa shape index (κ3) is 5.58. The number of non-ortho nitro benzene ring substituents is 1. The highest BCUT2D eigenvalue weighted by Gasteiger charge is 2.34. The van der Waals surface area contributed by atoms with Crippen LogP contribution in [0.25, 0.3) is 0 Å². The summed E-state index contributed by atoms with van der Waals surface area (Å²) in [6.45, 7) is 5.38. The number of benzene rings is 2. The second-order valence-corrected chi connectivity index (χ2v) is 10.8. The number of aryl methyl sites for hydroxylation is 3. The van der Waals surface area contributed by atoms with Crippen molar-refractivity contribution in [3.8, 4) is 0 Å². The van der Waals surface area contributed by atoms with Gasteiger partial charge in [0, 0.05) is 12.1 Å². The summed E-state index contributed by atoms with van der Waals surface area (Å²) < 4.78 is 26.7. The van der Waals surface area contributed by atoms with Crippen LogP contribution in [0.2, 0.25) is 0 Å². The number of anilines is 1. The molecule has 0 fully saturated rings. The highest BCUT2D eigenvalue weighted by atomic mass is 32.2. The van der Waals surface area contributed by atoms with E-state index in [0.717, 1.165) is 35.4 Å². The van der Waals surface area contributed by atoms with Gasteiger partial charge in [-0.25, -0.2) is 8.42 Å². The summed E-state index contributed by atoms with van der Waals surface area (Å²) in [7, 11) is -3.91. The molecule has 0 unspecified atom stereocenters. The molecule has 184 valence electrons. The SMILES string of the molecule is CC[C@H](NC(=O)[C@H](CC)N(c1cc([N+](=O)[O-])ccc1C)S(C)(=O)=O)c1ccc2c(c1)CCCC2. The Hall–Kier alpha value is -2.94. The Kier molecular flexibility index (Phi) is 7.97. The minimum atomic E-state index is -3.91. The van der Waals surface area contributed by atoms with E-state index < -0.39 is 26.9 Å². The molecule has 8 nitrogen and oxygen atoms in total. The monoisotopic (exact) mass is 487 g/mol. The normalized spacial score (nSPS) is 15.2. The van der Waals surface area contributed by atoms with E-state index in [1.807, 2.05) is 13.0 Å². The van der Waals surface area contributed by atoms with Gasteiger partial charge in [-0.05, 0) is 67.7 Å². The van der Waals surface area contributed by atoms with Crippen LogP contribution in [0.5, 0.6) is 0 Å². The van der Waals surface area contributed by atoms with E-state index >= 15 is 0 Å². The van der Waals surface area contributed by atoms with Gasteiger partial charge in [0.15, 0.2) is 0 Å². The first-order chi connectivity index (χ1) is 16.1. The number of sulfonamides is 1. The molecular formula is C25H33N3O5S. The van der Waals surface area contributed by atoms with Crippen LogP contribution >= 0.6 is 0 Å². The Morgan fingerprint density at radius 2 is 1.76 bits per heavy atom. The summed E-state index contributed by atoms with van der Waals surface area (Å²) in [5, 5.41) is 14.4. The number of nitro benzene ring substituents is 1. The maximum Gasteiger partial charge on any atom is 0.271 e. The fraction of sp³-hybridized carbons (Fsp3) is 0.480. The molecule has 1 aliphatic rings. The number of hydrogen-bond donors (Lipinski definition) is 1. The fourth-order valence-electron chi connectivity index (χ4n) is 4.64. The van der Waals surface area contributed by atoms with Crippen molar-refractivity contribution < 1.29 is 18.1 Å². The van der Waals surface area contributed by atoms with Gasteiger partial charge in [-0.15, -0.1) is 0 Å². The zero-order valence-corrected chi connectivity index (χ0v) is 21.0. The number of nitrogens with one attached hydrogen (secondary N) is 1. The zero-order chi connectivity index (χ0) is 25.0. The number of amides is 1. The first-order valence-electron chi connectivity index (χ1n) is 11.7. The first kappa shape index (κ1) is 25.7. The zero-order valence-electron chi connectivity index (χ0n) is 20.2. The van der Waals surface area contributed by atoms with E-state index in [4.69, 9.17) is 0 Å². The third-order valence-corrected chi connectivity index (χ3v) is 7.64. The van der Waals surface area contributed by atoms with E-state index in [1.165, 1.54) is 35.7 Å². The van der Waals surface area contributed by atoms with Gasteiger partial charge >= 0.3 is 0 Å². The number of rotatable bonds is 9. The number of hydrogen-bond acceptors (Lipinski definition) is 5. The van der Waals surface area contributed by atoms with Crippen molar-refractivity contribution in [1.82, 2.24) is 5.32 Å². The molecular weight excluding hydrogens is 454 g/mol. The molecule has 2 aromatic carbocycles. The van der Waals surface area contributed by atoms with Gasteiger partial charge in [0.05, 0.1) is 22.9 Å². The van der Waals surface area contributed by atoms with Gasteiger partial charge in [0.2, 0.25) is 15.9 Å². The van der Waals surface area contributed by atoms with Crippen LogP contribution < -0.4 is 9.62 Å². The molecule has 0 aliphatic heterocycles. The number of carbonyl (C=O) groups excluding carboxylic acids is 1. The lowest BCUT2D eigenvalue weighted by molar-refractivity contribution is -0.384. The molecule has 2 aromatic rings. The number of nitrogens with zero attached hydrogens (tertiary/aromatic N) is 2. The summed E-state index contributed by atoms with van der Waals surface area (Å²) in [5.41, 5.74) is 4.11. The van der Waals surface area contributed by atoms with Crippen molar-refractivity contribution in [3.63, 3.8) is 0 Å². The molecule has 3 rings (SSSR count). The highest BCUT2D eigenvalue weighted by molar-refractivity contribution is 7.92. The molecule has 1 N–H and O–H groups in total. The summed E-state index contributed by atoms with van der Waals surface area (Å²) in [4.78, 5) is 24.2. The molecule has 2 atom stereocenters. The summed E-state index contributed by atoms with van der Waals surface area (Å²) >= 11 is 0. The molecule has 0 aromatic heterocycles. The van der Waals surface area contributed by atoms with E-state index in [9.17, 15) is 23.3 Å². The van der Waals surface area contributed by atoms with Gasteiger partial charge < -0.3 is 5.32 Å². The van der Waals surface area contributed by atoms with Crippen molar-refractivity contribution in [3.05, 3.63) is 68.8 Å². The smallest absolute Gasteiger partial charge is 0.271 e. The topological polar surface area (TPSA) is 110 Å².